The Kier molecular flexibility index (Phi) is 3.94. The van der Waals surface area contributed by atoms with E-state index in [1.807, 2.05) is 31.2 Å². The van der Waals surface area contributed by atoms with E-state index in [9.17, 15) is 9.32 Å². The number of benzene rings is 1. The van der Waals surface area contributed by atoms with E-state index in [4.69, 9.17) is 9.47 Å². The molecule has 3 atom stereocenters. The van der Waals surface area contributed by atoms with Gasteiger partial charge in [0, 0.05) is 17.7 Å². The van der Waals surface area contributed by atoms with E-state index in [2.05, 4.69) is 0 Å². The third kappa shape index (κ3) is 2.93. The van der Waals surface area contributed by atoms with Crippen LogP contribution in [0.4, 0.5) is 0 Å². The van der Waals surface area contributed by atoms with Gasteiger partial charge in [-0.25, -0.2) is 0 Å². The average Bonchev–Trinajstić information content (AvgIpc) is 2.91. The smallest absolute Gasteiger partial charge is 0.169 e. The number of hydrogen-bond acceptors (Lipinski definition) is 4. The highest BCUT2D eigenvalue weighted by Crippen LogP contribution is 2.43. The Bertz CT molecular complexity index is 532. The molecule has 0 bridgehead atoms. The summed E-state index contributed by atoms with van der Waals surface area (Å²) < 4.78 is 24.4. The number of ether oxygens (including phenoxy) is 2. The Morgan fingerprint density at radius 3 is 2.43 bits per heavy atom. The fourth-order valence-electron chi connectivity index (χ4n) is 3.11. The quantitative estimate of drug-likeness (QED) is 0.909. The first-order valence-corrected chi connectivity index (χ1v) is 8.61. The molecule has 1 heterocycles. The molecule has 1 saturated heterocycles. The molecule has 5 heteroatoms. The van der Waals surface area contributed by atoms with Crippen LogP contribution in [0.3, 0.4) is 0 Å². The van der Waals surface area contributed by atoms with Crippen molar-refractivity contribution in [1.29, 1.82) is 0 Å². The van der Waals surface area contributed by atoms with E-state index in [0.717, 1.165) is 10.5 Å². The van der Waals surface area contributed by atoms with Crippen molar-refractivity contribution in [2.24, 2.45) is 0 Å². The van der Waals surface area contributed by atoms with Crippen LogP contribution in [-0.4, -0.2) is 39.2 Å². The molecule has 0 unspecified atom stereocenters. The Hall–Kier alpha value is -0.750. The Morgan fingerprint density at radius 1 is 1.19 bits per heavy atom. The lowest BCUT2D eigenvalue weighted by molar-refractivity contribution is -0.197. The fraction of sp³-hybridized carbons (Fsp3) is 0.625. The lowest BCUT2D eigenvalue weighted by Gasteiger charge is -2.44. The maximum atomic E-state index is 12.9. The molecule has 116 valence electrons. The van der Waals surface area contributed by atoms with E-state index in [0.29, 0.717) is 32.5 Å². The van der Waals surface area contributed by atoms with Crippen LogP contribution in [0.2, 0.25) is 0 Å². The molecule has 0 aromatic heterocycles. The van der Waals surface area contributed by atoms with Crippen LogP contribution in [0.5, 0.6) is 0 Å². The van der Waals surface area contributed by atoms with Gasteiger partial charge in [0.2, 0.25) is 0 Å². The first kappa shape index (κ1) is 15.2. The summed E-state index contributed by atoms with van der Waals surface area (Å²) >= 11 is 0. The van der Waals surface area contributed by atoms with Crippen molar-refractivity contribution in [3.05, 3.63) is 29.8 Å². The van der Waals surface area contributed by atoms with Gasteiger partial charge in [-0.05, 0) is 32.4 Å². The lowest BCUT2D eigenvalue weighted by atomic mass is 9.82. The van der Waals surface area contributed by atoms with E-state index in [1.54, 1.807) is 6.92 Å². The highest BCUT2D eigenvalue weighted by Gasteiger charge is 2.51. The van der Waals surface area contributed by atoms with Gasteiger partial charge in [-0.2, -0.15) is 0 Å². The summed E-state index contributed by atoms with van der Waals surface area (Å²) in [4.78, 5) is 0.751. The van der Waals surface area contributed by atoms with Crippen molar-refractivity contribution in [1.82, 2.24) is 0 Å². The average molecular weight is 310 g/mol. The zero-order valence-electron chi connectivity index (χ0n) is 12.5. The largest absolute Gasteiger partial charge is 0.389 e. The predicted octanol–water partition coefficient (Wildman–Crippen LogP) is 2.15. The number of rotatable bonds is 2. The first-order valence-electron chi connectivity index (χ1n) is 7.39. The Morgan fingerprint density at radius 2 is 1.81 bits per heavy atom. The molecule has 2 fully saturated rings. The number of hydrogen-bond donors (Lipinski definition) is 1. The second-order valence-electron chi connectivity index (χ2n) is 6.27. The minimum Gasteiger partial charge on any atom is -0.389 e. The van der Waals surface area contributed by atoms with Crippen LogP contribution in [0.15, 0.2) is 29.2 Å². The Balaban J connectivity index is 1.86. The molecule has 1 aromatic carbocycles. The van der Waals surface area contributed by atoms with E-state index >= 15 is 0 Å². The first-order chi connectivity index (χ1) is 9.92. The molecular formula is C16H22O4S. The molecule has 1 saturated carbocycles. The van der Waals surface area contributed by atoms with E-state index < -0.39 is 22.2 Å². The SMILES string of the molecule is Cc1ccc([S@](=O)[C@H]2CC3(CC[C@@]2(C)O)OCCO3)cc1. The maximum absolute atomic E-state index is 12.9. The van der Waals surface area contributed by atoms with Crippen LogP contribution in [0.1, 0.15) is 31.7 Å². The summed E-state index contributed by atoms with van der Waals surface area (Å²) in [6, 6.07) is 7.64. The summed E-state index contributed by atoms with van der Waals surface area (Å²) in [5.74, 6) is -0.646. The summed E-state index contributed by atoms with van der Waals surface area (Å²) in [5.41, 5.74) is 0.168. The molecule has 2 aliphatic rings. The van der Waals surface area contributed by atoms with Crippen LogP contribution >= 0.6 is 0 Å². The van der Waals surface area contributed by atoms with E-state index in [1.165, 1.54) is 0 Å². The second-order valence-corrected chi connectivity index (χ2v) is 7.90. The highest BCUT2D eigenvalue weighted by atomic mass is 32.2. The number of aryl methyl sites for hydroxylation is 1. The molecule has 1 aliphatic heterocycles. The van der Waals surface area contributed by atoms with Crippen molar-refractivity contribution in [2.75, 3.05) is 13.2 Å². The third-order valence-electron chi connectivity index (χ3n) is 4.53. The summed E-state index contributed by atoms with van der Waals surface area (Å²) in [7, 11) is -1.28. The molecule has 21 heavy (non-hydrogen) atoms. The minimum atomic E-state index is -1.28. The van der Waals surface area contributed by atoms with Gasteiger partial charge in [-0.1, -0.05) is 17.7 Å². The van der Waals surface area contributed by atoms with Gasteiger partial charge < -0.3 is 14.6 Å². The van der Waals surface area contributed by atoms with Crippen molar-refractivity contribution < 1.29 is 18.8 Å². The van der Waals surface area contributed by atoms with Gasteiger partial charge >= 0.3 is 0 Å². The zero-order valence-corrected chi connectivity index (χ0v) is 13.3. The van der Waals surface area contributed by atoms with Crippen molar-refractivity contribution in [3.63, 3.8) is 0 Å². The van der Waals surface area contributed by atoms with Crippen molar-refractivity contribution in [2.45, 2.75) is 54.6 Å². The normalized spacial score (nSPS) is 33.2. The van der Waals surface area contributed by atoms with Crippen LogP contribution < -0.4 is 0 Å². The second kappa shape index (κ2) is 5.47. The topological polar surface area (TPSA) is 55.8 Å². The van der Waals surface area contributed by atoms with Crippen LogP contribution in [0, 0.1) is 6.92 Å². The molecule has 0 radical (unpaired) electrons. The van der Waals surface area contributed by atoms with Gasteiger partial charge in [0.1, 0.15) is 0 Å². The summed E-state index contributed by atoms with van der Waals surface area (Å²) in [6.07, 6.45) is 1.66. The fourth-order valence-corrected chi connectivity index (χ4v) is 4.83. The molecular weight excluding hydrogens is 288 g/mol. The molecule has 0 amide bonds. The van der Waals surface area contributed by atoms with Crippen molar-refractivity contribution >= 4 is 10.8 Å². The lowest BCUT2D eigenvalue weighted by Crippen LogP contribution is -2.53. The number of aliphatic hydroxyl groups is 1. The molecule has 1 spiro atoms. The van der Waals surface area contributed by atoms with Crippen LogP contribution in [-0.2, 0) is 20.3 Å². The van der Waals surface area contributed by atoms with Crippen molar-refractivity contribution in [3.8, 4) is 0 Å². The zero-order chi connectivity index (χ0) is 15.1. The predicted molar refractivity (Wildman–Crippen MR) is 80.5 cm³/mol. The minimum absolute atomic E-state index is 0.382. The maximum Gasteiger partial charge on any atom is 0.169 e. The molecule has 1 N–H and O–H groups in total. The highest BCUT2D eigenvalue weighted by molar-refractivity contribution is 7.85. The van der Waals surface area contributed by atoms with Gasteiger partial charge in [0.25, 0.3) is 0 Å². The van der Waals surface area contributed by atoms with Gasteiger partial charge in [-0.15, -0.1) is 0 Å². The summed E-state index contributed by atoms with van der Waals surface area (Å²) in [5, 5.41) is 10.3. The van der Waals surface area contributed by atoms with Gasteiger partial charge in [-0.3, -0.25) is 4.21 Å². The molecule has 1 aliphatic carbocycles. The molecule has 1 aromatic rings. The molecule has 3 rings (SSSR count). The van der Waals surface area contributed by atoms with Gasteiger partial charge in [0.05, 0.1) is 34.9 Å². The van der Waals surface area contributed by atoms with E-state index in [-0.39, 0.29) is 5.25 Å². The monoisotopic (exact) mass is 310 g/mol. The molecule has 4 nitrogen and oxygen atoms in total. The Labute approximate surface area is 127 Å². The van der Waals surface area contributed by atoms with Gasteiger partial charge in [0.15, 0.2) is 5.79 Å². The summed E-state index contributed by atoms with van der Waals surface area (Å²) in [6.45, 7) is 4.92. The standard InChI is InChI=1S/C16H22O4S/c1-12-3-5-13(6-4-12)21(18)14-11-16(19-9-10-20-16)8-7-15(14,2)17/h3-6,14,17H,7-11H2,1-2H3/t14-,15+,21-/m0/s1. The van der Waals surface area contributed by atoms with Crippen LogP contribution in [0.25, 0.3) is 0 Å². The third-order valence-corrected chi connectivity index (χ3v) is 6.46.